The van der Waals surface area contributed by atoms with Crippen molar-refractivity contribution in [3.05, 3.63) is 83.9 Å². The number of benzene rings is 3. The number of hydrogen-bond donors (Lipinski definition) is 7. The Labute approximate surface area is 291 Å². The molecule has 0 aliphatic carbocycles. The zero-order chi connectivity index (χ0) is 36.2. The summed E-state index contributed by atoms with van der Waals surface area (Å²) in [4.78, 5) is 72.0. The fourth-order valence-corrected chi connectivity index (χ4v) is 6.00. The molecule has 1 fully saturated rings. The van der Waals surface area contributed by atoms with Gasteiger partial charge in [0.15, 0.2) is 5.96 Å². The molecule has 0 bridgehead atoms. The molecule has 50 heavy (non-hydrogen) atoms. The summed E-state index contributed by atoms with van der Waals surface area (Å²) in [5.74, 6) is -2.90. The number of amides is 5. The maximum atomic E-state index is 14.1. The molecule has 0 aromatic heterocycles. The molecule has 0 saturated carbocycles. The second kappa shape index (κ2) is 17.8. The zero-order valence-electron chi connectivity index (χ0n) is 28.2. The molecule has 5 atom stereocenters. The number of likely N-dealkylation sites (tertiary alicyclic amines) is 1. The SMILES string of the molecule is C[C@@H](N)C(=O)N[C@H](Cc1ccc2ccccc2c1)C(=O)N1CCC[C@@H]1C(=O)N[C@@H](Cc1ccccc1)C(=O)N[C@@H](CCCN=C(N)N)C(N)=O. The van der Waals surface area contributed by atoms with E-state index in [0.29, 0.717) is 19.3 Å². The molecule has 14 nitrogen and oxygen atoms in total. The van der Waals surface area contributed by atoms with Crippen molar-refractivity contribution in [2.24, 2.45) is 27.9 Å². The van der Waals surface area contributed by atoms with Crippen LogP contribution < -0.4 is 38.9 Å². The van der Waals surface area contributed by atoms with Crippen molar-refractivity contribution in [2.75, 3.05) is 13.1 Å². The number of fused-ring (bicyclic) bond motifs is 1. The third kappa shape index (κ3) is 10.5. The van der Waals surface area contributed by atoms with Gasteiger partial charge in [-0.3, -0.25) is 29.0 Å². The fourth-order valence-electron chi connectivity index (χ4n) is 6.00. The Morgan fingerprint density at radius 1 is 0.800 bits per heavy atom. The van der Waals surface area contributed by atoms with Crippen LogP contribution >= 0.6 is 0 Å². The van der Waals surface area contributed by atoms with Gasteiger partial charge in [0.25, 0.3) is 0 Å². The molecule has 14 heteroatoms. The molecule has 11 N–H and O–H groups in total. The molecule has 266 valence electrons. The molecule has 0 spiro atoms. The maximum absolute atomic E-state index is 14.1. The van der Waals surface area contributed by atoms with Crippen LogP contribution in [0.15, 0.2) is 77.8 Å². The smallest absolute Gasteiger partial charge is 0.246 e. The molecule has 1 heterocycles. The Morgan fingerprint density at radius 3 is 2.14 bits per heavy atom. The first-order chi connectivity index (χ1) is 23.9. The third-order valence-corrected chi connectivity index (χ3v) is 8.64. The van der Waals surface area contributed by atoms with Crippen molar-refractivity contribution in [1.29, 1.82) is 0 Å². The zero-order valence-corrected chi connectivity index (χ0v) is 28.2. The first-order valence-electron chi connectivity index (χ1n) is 16.8. The Balaban J connectivity index is 1.52. The van der Waals surface area contributed by atoms with Crippen LogP contribution in [-0.2, 0) is 36.8 Å². The number of aliphatic imine (C=N–C) groups is 1. The van der Waals surface area contributed by atoms with E-state index >= 15 is 0 Å². The van der Waals surface area contributed by atoms with Crippen LogP contribution in [0.3, 0.4) is 0 Å². The number of guanidine groups is 1. The van der Waals surface area contributed by atoms with Crippen LogP contribution in [0, 0.1) is 0 Å². The summed E-state index contributed by atoms with van der Waals surface area (Å²) in [5.41, 5.74) is 23.8. The molecule has 1 aliphatic rings. The predicted molar refractivity (Wildman–Crippen MR) is 191 cm³/mol. The topological polar surface area (TPSA) is 241 Å². The lowest BCUT2D eigenvalue weighted by Gasteiger charge is -2.30. The molecule has 0 radical (unpaired) electrons. The Hall–Kier alpha value is -5.50. The van der Waals surface area contributed by atoms with Gasteiger partial charge >= 0.3 is 0 Å². The van der Waals surface area contributed by atoms with Gasteiger partial charge in [-0.15, -0.1) is 0 Å². The van der Waals surface area contributed by atoms with Gasteiger partial charge in [-0.05, 0) is 54.5 Å². The predicted octanol–water partition coefficient (Wildman–Crippen LogP) is -0.0435. The quantitative estimate of drug-likeness (QED) is 0.0611. The van der Waals surface area contributed by atoms with E-state index in [0.717, 1.165) is 21.9 Å². The van der Waals surface area contributed by atoms with Crippen molar-refractivity contribution < 1.29 is 24.0 Å². The summed E-state index contributed by atoms with van der Waals surface area (Å²) in [5, 5.41) is 10.3. The number of carbonyl (C=O) groups is 5. The van der Waals surface area contributed by atoms with Gasteiger partial charge in [-0.1, -0.05) is 72.8 Å². The third-order valence-electron chi connectivity index (χ3n) is 8.64. The maximum Gasteiger partial charge on any atom is 0.246 e. The molecule has 3 aromatic rings. The normalized spacial score (nSPS) is 16.4. The lowest BCUT2D eigenvalue weighted by molar-refractivity contribution is -0.142. The van der Waals surface area contributed by atoms with Crippen molar-refractivity contribution in [2.45, 2.75) is 75.7 Å². The first kappa shape index (κ1) is 37.3. The standard InChI is InChI=1S/C36H47N9O5/c1-22(37)32(47)44-29(21-24-15-16-25-11-5-6-12-26(25)19-24)35(50)45-18-8-14-30(45)34(49)43-28(20-23-9-3-2-4-10-23)33(48)42-27(31(38)46)13-7-17-41-36(39)40/h2-6,9-12,15-16,19,22,27-30H,7-8,13-14,17-18,20-21,37H2,1H3,(H2,38,46)(H,42,48)(H,43,49)(H,44,47)(H4,39,40,41)/t22-,27+,28+,29-,30-/m1/s1. The minimum atomic E-state index is -1.09. The molecular weight excluding hydrogens is 638 g/mol. The Morgan fingerprint density at radius 2 is 1.46 bits per heavy atom. The fraction of sp³-hybridized carbons (Fsp3) is 0.389. The van der Waals surface area contributed by atoms with Crippen molar-refractivity contribution in [1.82, 2.24) is 20.9 Å². The summed E-state index contributed by atoms with van der Waals surface area (Å²) in [6.45, 7) is 2.06. The van der Waals surface area contributed by atoms with E-state index in [1.807, 2.05) is 72.8 Å². The highest BCUT2D eigenvalue weighted by Gasteiger charge is 2.39. The highest BCUT2D eigenvalue weighted by Crippen LogP contribution is 2.22. The van der Waals surface area contributed by atoms with Crippen LogP contribution in [0.2, 0.25) is 0 Å². The average Bonchev–Trinajstić information content (AvgIpc) is 3.59. The van der Waals surface area contributed by atoms with Gasteiger partial charge in [0, 0.05) is 25.9 Å². The highest BCUT2D eigenvalue weighted by molar-refractivity contribution is 5.96. The van der Waals surface area contributed by atoms with E-state index in [9.17, 15) is 24.0 Å². The van der Waals surface area contributed by atoms with Crippen molar-refractivity contribution in [3.63, 3.8) is 0 Å². The van der Waals surface area contributed by atoms with E-state index in [1.54, 1.807) is 0 Å². The van der Waals surface area contributed by atoms with Crippen LogP contribution in [0.25, 0.3) is 10.8 Å². The van der Waals surface area contributed by atoms with E-state index in [2.05, 4.69) is 20.9 Å². The number of nitrogens with zero attached hydrogens (tertiary/aromatic N) is 2. The van der Waals surface area contributed by atoms with Gasteiger partial charge in [0.05, 0.1) is 6.04 Å². The molecular formula is C36H47N9O5. The lowest BCUT2D eigenvalue weighted by atomic mass is 10.00. The number of nitrogens with two attached hydrogens (primary N) is 4. The van der Waals surface area contributed by atoms with E-state index in [4.69, 9.17) is 22.9 Å². The number of primary amides is 1. The van der Waals surface area contributed by atoms with Gasteiger partial charge in [0.1, 0.15) is 24.2 Å². The van der Waals surface area contributed by atoms with Gasteiger partial charge < -0.3 is 43.8 Å². The molecule has 5 amide bonds. The number of hydrogen-bond acceptors (Lipinski definition) is 7. The van der Waals surface area contributed by atoms with Crippen molar-refractivity contribution >= 4 is 46.3 Å². The largest absolute Gasteiger partial charge is 0.370 e. The molecule has 1 saturated heterocycles. The molecule has 4 rings (SSSR count). The number of rotatable bonds is 16. The van der Waals surface area contributed by atoms with E-state index in [1.165, 1.54) is 11.8 Å². The molecule has 3 aromatic carbocycles. The van der Waals surface area contributed by atoms with Gasteiger partial charge in [-0.2, -0.15) is 0 Å². The second-order valence-corrected chi connectivity index (χ2v) is 12.6. The highest BCUT2D eigenvalue weighted by atomic mass is 16.2. The van der Waals surface area contributed by atoms with Crippen LogP contribution in [0.1, 0.15) is 43.7 Å². The Bertz CT molecular complexity index is 1690. The van der Waals surface area contributed by atoms with Crippen LogP contribution in [0.4, 0.5) is 0 Å². The summed E-state index contributed by atoms with van der Waals surface area (Å²) < 4.78 is 0. The number of carbonyl (C=O) groups excluding carboxylic acids is 5. The monoisotopic (exact) mass is 685 g/mol. The van der Waals surface area contributed by atoms with Crippen LogP contribution in [0.5, 0.6) is 0 Å². The summed E-state index contributed by atoms with van der Waals surface area (Å²) >= 11 is 0. The summed E-state index contributed by atoms with van der Waals surface area (Å²) in [6.07, 6.45) is 1.76. The average molecular weight is 686 g/mol. The molecule has 0 unspecified atom stereocenters. The van der Waals surface area contributed by atoms with Crippen molar-refractivity contribution in [3.8, 4) is 0 Å². The minimum Gasteiger partial charge on any atom is -0.370 e. The Kier molecular flexibility index (Phi) is 13.3. The second-order valence-electron chi connectivity index (χ2n) is 12.6. The van der Waals surface area contributed by atoms with Gasteiger partial charge in [-0.25, -0.2) is 0 Å². The summed E-state index contributed by atoms with van der Waals surface area (Å²) in [6, 6.07) is 17.9. The molecule has 1 aliphatic heterocycles. The first-order valence-corrected chi connectivity index (χ1v) is 16.8. The summed E-state index contributed by atoms with van der Waals surface area (Å²) in [7, 11) is 0. The minimum absolute atomic E-state index is 0.0916. The van der Waals surface area contributed by atoms with E-state index in [-0.39, 0.29) is 38.3 Å². The number of nitrogens with one attached hydrogen (secondary N) is 3. The van der Waals surface area contributed by atoms with Crippen LogP contribution in [-0.4, -0.2) is 83.7 Å². The van der Waals surface area contributed by atoms with Gasteiger partial charge in [0.2, 0.25) is 29.5 Å². The lowest BCUT2D eigenvalue weighted by Crippen LogP contribution is -2.59. The van der Waals surface area contributed by atoms with E-state index < -0.39 is 59.7 Å².